The molecule has 0 radical (unpaired) electrons. The molecule has 60 valence electrons. The first-order valence-corrected chi connectivity index (χ1v) is 3.98. The number of thiocarbonyl (C=S) groups is 1. The van der Waals surface area contributed by atoms with Gasteiger partial charge in [-0.05, 0) is 19.1 Å². The van der Waals surface area contributed by atoms with Crippen LogP contribution >= 0.6 is 12.2 Å². The van der Waals surface area contributed by atoms with E-state index < -0.39 is 5.54 Å². The molecule has 1 rings (SSSR count). The van der Waals surface area contributed by atoms with Crippen LogP contribution in [0, 0.1) is 17.2 Å². The predicted molar refractivity (Wildman–Crippen MR) is 50.8 cm³/mol. The first-order valence-electron chi connectivity index (χ1n) is 3.57. The highest BCUT2D eigenvalue weighted by Crippen LogP contribution is 2.27. The number of allylic oxidation sites excluding steroid dienone is 2. The number of aliphatic imine (C=N–C) groups is 1. The molecule has 0 amide bonds. The molecule has 0 heterocycles. The average Bonchev–Trinajstić information content (AvgIpc) is 2.05. The van der Waals surface area contributed by atoms with Gasteiger partial charge in [-0.15, -0.1) is 0 Å². The predicted octanol–water partition coefficient (Wildman–Crippen LogP) is 2.11. The molecule has 0 spiro atoms. The van der Waals surface area contributed by atoms with Crippen LogP contribution in [-0.4, -0.2) is 10.7 Å². The molecule has 0 aromatic heterocycles. The lowest BCUT2D eigenvalue weighted by Crippen LogP contribution is -2.29. The van der Waals surface area contributed by atoms with Crippen molar-refractivity contribution >= 4 is 17.4 Å². The molecule has 1 aliphatic carbocycles. The van der Waals surface area contributed by atoms with E-state index in [-0.39, 0.29) is 5.92 Å². The van der Waals surface area contributed by atoms with Crippen LogP contribution in [0.3, 0.4) is 0 Å². The second-order valence-electron chi connectivity index (χ2n) is 2.78. The van der Waals surface area contributed by atoms with Crippen LogP contribution in [0.5, 0.6) is 0 Å². The van der Waals surface area contributed by atoms with Crippen molar-refractivity contribution in [3.63, 3.8) is 0 Å². The van der Waals surface area contributed by atoms with Crippen molar-refractivity contribution in [3.8, 4) is 6.07 Å². The van der Waals surface area contributed by atoms with Crippen LogP contribution in [0.1, 0.15) is 6.92 Å². The van der Waals surface area contributed by atoms with E-state index in [4.69, 9.17) is 5.26 Å². The highest BCUT2D eigenvalue weighted by atomic mass is 32.1. The van der Waals surface area contributed by atoms with Gasteiger partial charge in [-0.1, -0.05) is 24.3 Å². The van der Waals surface area contributed by atoms with E-state index >= 15 is 0 Å². The van der Waals surface area contributed by atoms with E-state index in [0.717, 1.165) is 0 Å². The summed E-state index contributed by atoms with van der Waals surface area (Å²) in [6.45, 7) is 1.86. The molecule has 0 bridgehead atoms. The third kappa shape index (κ3) is 1.50. The fraction of sp³-hybridized carbons (Fsp3) is 0.333. The summed E-state index contributed by atoms with van der Waals surface area (Å²) in [7, 11) is 0. The summed E-state index contributed by atoms with van der Waals surface area (Å²) >= 11 is 4.52. The molecular formula is C9H8N2S. The SMILES string of the molecule is CC1(N=C=S)C=CC=CC1C#N. The normalized spacial score (nSPS) is 32.2. The molecule has 2 unspecified atom stereocenters. The monoisotopic (exact) mass is 176 g/mol. The standard InChI is InChI=1S/C9H8N2S/c1-9(11-7-12)5-3-2-4-8(9)6-10/h2-5,8H,1H3. The Labute approximate surface area is 76.9 Å². The highest BCUT2D eigenvalue weighted by molar-refractivity contribution is 7.78. The molecule has 0 fully saturated rings. The van der Waals surface area contributed by atoms with E-state index in [1.165, 1.54) is 0 Å². The zero-order valence-corrected chi connectivity index (χ0v) is 7.51. The molecule has 0 aliphatic heterocycles. The van der Waals surface area contributed by atoms with E-state index in [1.807, 2.05) is 31.2 Å². The zero-order chi connectivity index (χ0) is 9.03. The molecule has 2 nitrogen and oxygen atoms in total. The van der Waals surface area contributed by atoms with Gasteiger partial charge in [0, 0.05) is 0 Å². The summed E-state index contributed by atoms with van der Waals surface area (Å²) in [4.78, 5) is 3.97. The number of isothiocyanates is 1. The molecule has 0 saturated carbocycles. The molecule has 0 aromatic rings. The Morgan fingerprint density at radius 3 is 2.92 bits per heavy atom. The minimum atomic E-state index is -0.523. The molecule has 1 aliphatic rings. The number of nitrogens with zero attached hydrogens (tertiary/aromatic N) is 2. The Hall–Kier alpha value is -1.23. The van der Waals surface area contributed by atoms with Gasteiger partial charge in [0.25, 0.3) is 0 Å². The zero-order valence-electron chi connectivity index (χ0n) is 6.69. The third-order valence-electron chi connectivity index (χ3n) is 1.90. The van der Waals surface area contributed by atoms with Crippen molar-refractivity contribution < 1.29 is 0 Å². The van der Waals surface area contributed by atoms with Gasteiger partial charge in [0.15, 0.2) is 0 Å². The van der Waals surface area contributed by atoms with E-state index in [2.05, 4.69) is 28.4 Å². The molecule has 2 atom stereocenters. The average molecular weight is 176 g/mol. The summed E-state index contributed by atoms with van der Waals surface area (Å²) in [5.74, 6) is -0.238. The Morgan fingerprint density at radius 2 is 2.33 bits per heavy atom. The summed E-state index contributed by atoms with van der Waals surface area (Å²) in [6.07, 6.45) is 7.38. The number of hydrogen-bond acceptors (Lipinski definition) is 3. The summed E-state index contributed by atoms with van der Waals surface area (Å²) in [6, 6.07) is 2.16. The first kappa shape index (κ1) is 8.86. The maximum Gasteiger partial charge on any atom is 0.106 e. The van der Waals surface area contributed by atoms with Crippen molar-refractivity contribution in [3.05, 3.63) is 24.3 Å². The van der Waals surface area contributed by atoms with Gasteiger partial charge < -0.3 is 0 Å². The second kappa shape index (κ2) is 3.44. The third-order valence-corrected chi connectivity index (χ3v) is 1.99. The smallest absolute Gasteiger partial charge is 0.106 e. The summed E-state index contributed by atoms with van der Waals surface area (Å²) < 4.78 is 0. The van der Waals surface area contributed by atoms with Gasteiger partial charge >= 0.3 is 0 Å². The number of nitriles is 1. The molecule has 0 aromatic carbocycles. The van der Waals surface area contributed by atoms with Gasteiger partial charge in [-0.3, -0.25) is 0 Å². The Morgan fingerprint density at radius 1 is 1.58 bits per heavy atom. The fourth-order valence-electron chi connectivity index (χ4n) is 1.10. The van der Waals surface area contributed by atoms with Crippen molar-refractivity contribution in [2.75, 3.05) is 0 Å². The van der Waals surface area contributed by atoms with Crippen molar-refractivity contribution in [1.29, 1.82) is 5.26 Å². The Balaban J connectivity index is 3.04. The molecule has 3 heteroatoms. The van der Waals surface area contributed by atoms with E-state index in [9.17, 15) is 0 Å². The molecule has 12 heavy (non-hydrogen) atoms. The molecule has 0 N–H and O–H groups in total. The maximum absolute atomic E-state index is 8.80. The van der Waals surface area contributed by atoms with Crippen LogP contribution in [0.4, 0.5) is 0 Å². The van der Waals surface area contributed by atoms with Gasteiger partial charge in [0.2, 0.25) is 0 Å². The van der Waals surface area contributed by atoms with E-state index in [1.54, 1.807) is 0 Å². The highest BCUT2D eigenvalue weighted by Gasteiger charge is 2.30. The van der Waals surface area contributed by atoms with Crippen LogP contribution in [0.2, 0.25) is 0 Å². The van der Waals surface area contributed by atoms with Gasteiger partial charge in [-0.25, -0.2) is 4.99 Å². The first-order chi connectivity index (χ1) is 5.73. The second-order valence-corrected chi connectivity index (χ2v) is 2.96. The van der Waals surface area contributed by atoms with Crippen molar-refractivity contribution in [2.24, 2.45) is 10.9 Å². The molecular weight excluding hydrogens is 168 g/mol. The quantitative estimate of drug-likeness (QED) is 0.453. The summed E-state index contributed by atoms with van der Waals surface area (Å²) in [5, 5.41) is 11.1. The Bertz CT molecular complexity index is 318. The van der Waals surface area contributed by atoms with Gasteiger partial charge in [0.05, 0.1) is 17.1 Å². The number of rotatable bonds is 1. The summed E-state index contributed by atoms with van der Waals surface area (Å²) in [5.41, 5.74) is -0.523. The molecule has 0 saturated heterocycles. The van der Waals surface area contributed by atoms with Crippen molar-refractivity contribution in [1.82, 2.24) is 0 Å². The lowest BCUT2D eigenvalue weighted by Gasteiger charge is -2.24. The van der Waals surface area contributed by atoms with Gasteiger partial charge in [-0.2, -0.15) is 5.26 Å². The fourth-order valence-corrected chi connectivity index (χ4v) is 1.30. The lowest BCUT2D eigenvalue weighted by atomic mass is 9.84. The largest absolute Gasteiger partial charge is 0.220 e. The number of hydrogen-bond donors (Lipinski definition) is 0. The van der Waals surface area contributed by atoms with E-state index in [0.29, 0.717) is 0 Å². The van der Waals surface area contributed by atoms with Gasteiger partial charge in [0.1, 0.15) is 5.54 Å². The topological polar surface area (TPSA) is 36.1 Å². The minimum Gasteiger partial charge on any atom is -0.220 e. The van der Waals surface area contributed by atoms with Crippen molar-refractivity contribution in [2.45, 2.75) is 12.5 Å². The minimum absolute atomic E-state index is 0.238. The van der Waals surface area contributed by atoms with Crippen LogP contribution in [0.25, 0.3) is 0 Å². The van der Waals surface area contributed by atoms with Crippen LogP contribution in [0.15, 0.2) is 29.3 Å². The van der Waals surface area contributed by atoms with Crippen LogP contribution < -0.4 is 0 Å². The lowest BCUT2D eigenvalue weighted by molar-refractivity contribution is 0.509. The Kier molecular flexibility index (Phi) is 2.54. The van der Waals surface area contributed by atoms with Crippen LogP contribution in [-0.2, 0) is 0 Å². The maximum atomic E-state index is 8.80.